The van der Waals surface area contributed by atoms with Gasteiger partial charge in [0, 0.05) is 5.41 Å². The van der Waals surface area contributed by atoms with E-state index in [1.807, 2.05) is 0 Å². The van der Waals surface area contributed by atoms with Gasteiger partial charge in [0.2, 0.25) is 0 Å². The van der Waals surface area contributed by atoms with Gasteiger partial charge in [0.1, 0.15) is 0 Å². The van der Waals surface area contributed by atoms with Gasteiger partial charge >= 0.3 is 5.97 Å². The summed E-state index contributed by atoms with van der Waals surface area (Å²) in [6, 6.07) is 8.59. The second kappa shape index (κ2) is 5.96. The minimum atomic E-state index is -0.406. The second-order valence-corrected chi connectivity index (χ2v) is 7.99. The summed E-state index contributed by atoms with van der Waals surface area (Å²) in [6.45, 7) is 0.614. The number of allylic oxidation sites excluding steroid dienone is 2. The quantitative estimate of drug-likeness (QED) is 0.613. The smallest absolute Gasteiger partial charge is 0.309 e. The predicted molar refractivity (Wildman–Crippen MR) is 91.9 cm³/mol. The zero-order valence-corrected chi connectivity index (χ0v) is 14.4. The van der Waals surface area contributed by atoms with Crippen molar-refractivity contribution in [1.29, 1.82) is 0 Å². The Labute approximate surface area is 148 Å². The van der Waals surface area contributed by atoms with Crippen molar-refractivity contribution in [1.82, 2.24) is 0 Å². The number of esters is 1. The first-order valence-corrected chi connectivity index (χ1v) is 9.43. The Kier molecular flexibility index (Phi) is 3.72. The highest BCUT2D eigenvalue weighted by molar-refractivity contribution is 5.73. The highest BCUT2D eigenvalue weighted by atomic mass is 16.7. The van der Waals surface area contributed by atoms with E-state index < -0.39 is 6.29 Å². The molecule has 1 aromatic carbocycles. The summed E-state index contributed by atoms with van der Waals surface area (Å²) < 4.78 is 17.9. The van der Waals surface area contributed by atoms with Crippen LogP contribution in [0.4, 0.5) is 0 Å². The van der Waals surface area contributed by atoms with E-state index in [4.69, 9.17) is 14.2 Å². The van der Waals surface area contributed by atoms with E-state index in [-0.39, 0.29) is 29.5 Å². The van der Waals surface area contributed by atoms with Crippen LogP contribution in [0.1, 0.15) is 36.8 Å². The molecule has 4 nitrogen and oxygen atoms in total. The van der Waals surface area contributed by atoms with Gasteiger partial charge in [-0.2, -0.15) is 0 Å². The van der Waals surface area contributed by atoms with Gasteiger partial charge in [-0.3, -0.25) is 4.79 Å². The van der Waals surface area contributed by atoms with Gasteiger partial charge in [0.05, 0.1) is 18.6 Å². The maximum Gasteiger partial charge on any atom is 0.309 e. The molecule has 2 heterocycles. The van der Waals surface area contributed by atoms with Crippen molar-refractivity contribution in [2.24, 2.45) is 11.3 Å². The van der Waals surface area contributed by atoms with Crippen LogP contribution in [0.3, 0.4) is 0 Å². The van der Waals surface area contributed by atoms with Gasteiger partial charge in [-0.25, -0.2) is 0 Å². The van der Waals surface area contributed by atoms with Gasteiger partial charge in [-0.1, -0.05) is 36.4 Å². The molecule has 2 saturated heterocycles. The number of hydrogen-bond donors (Lipinski definition) is 0. The maximum absolute atomic E-state index is 12.8. The van der Waals surface area contributed by atoms with Crippen molar-refractivity contribution in [3.63, 3.8) is 0 Å². The first-order chi connectivity index (χ1) is 12.2. The van der Waals surface area contributed by atoms with E-state index in [0.29, 0.717) is 6.61 Å². The Balaban J connectivity index is 1.41. The molecule has 2 aliphatic heterocycles. The van der Waals surface area contributed by atoms with Gasteiger partial charge in [-0.05, 0) is 49.7 Å². The van der Waals surface area contributed by atoms with Crippen molar-refractivity contribution in [3.05, 3.63) is 47.5 Å². The number of carbonyl (C=O) groups excluding carboxylic acids is 1. The molecule has 25 heavy (non-hydrogen) atoms. The minimum Gasteiger partial charge on any atom is -0.456 e. The van der Waals surface area contributed by atoms with Crippen LogP contribution in [-0.2, 0) is 31.8 Å². The molecule has 1 aromatic rings. The van der Waals surface area contributed by atoms with E-state index in [1.54, 1.807) is 0 Å². The lowest BCUT2D eigenvalue weighted by Gasteiger charge is -2.43. The molecular formula is C21H24O4. The summed E-state index contributed by atoms with van der Waals surface area (Å²) in [6.07, 6.45) is 9.08. The van der Waals surface area contributed by atoms with Gasteiger partial charge in [-0.15, -0.1) is 0 Å². The molecule has 2 aliphatic carbocycles. The minimum absolute atomic E-state index is 0.0232. The first kappa shape index (κ1) is 15.6. The number of benzene rings is 1. The fraction of sp³-hybridized carbons (Fsp3) is 0.571. The van der Waals surface area contributed by atoms with E-state index >= 15 is 0 Å². The largest absolute Gasteiger partial charge is 0.456 e. The molecule has 4 aliphatic rings. The Bertz CT molecular complexity index is 685. The predicted octanol–water partition coefficient (Wildman–Crippen LogP) is 3.18. The fourth-order valence-corrected chi connectivity index (χ4v) is 5.07. The number of rotatable bonds is 2. The fourth-order valence-electron chi connectivity index (χ4n) is 5.07. The molecule has 0 amide bonds. The van der Waals surface area contributed by atoms with Crippen LogP contribution < -0.4 is 0 Å². The molecule has 4 heteroatoms. The van der Waals surface area contributed by atoms with Crippen LogP contribution in [0, 0.1) is 11.3 Å². The first-order valence-electron chi connectivity index (χ1n) is 9.43. The van der Waals surface area contributed by atoms with Crippen molar-refractivity contribution < 1.29 is 19.0 Å². The van der Waals surface area contributed by atoms with Crippen molar-refractivity contribution in [2.75, 3.05) is 6.61 Å². The number of hydrogen-bond acceptors (Lipinski definition) is 4. The zero-order chi connectivity index (χ0) is 16.9. The molecule has 2 fully saturated rings. The van der Waals surface area contributed by atoms with E-state index in [2.05, 4.69) is 36.4 Å². The zero-order valence-electron chi connectivity index (χ0n) is 14.4. The molecule has 1 unspecified atom stereocenters. The van der Waals surface area contributed by atoms with Crippen LogP contribution in [0.15, 0.2) is 36.4 Å². The standard InChI is InChI=1S/C21H24O4/c22-19(14-6-2-1-3-7-14)25-18-20-23-13-17(24-20)12-21(18)10-15-8-4-5-9-16(15)11-21/h1-2,4-5,8-9,14,17-18,20H,3,6-7,10-13H2/t14?,17-,18+,20+/m0/s1. The van der Waals surface area contributed by atoms with Crippen LogP contribution in [-0.4, -0.2) is 31.1 Å². The lowest BCUT2D eigenvalue weighted by molar-refractivity contribution is -0.225. The molecule has 0 aromatic heterocycles. The van der Waals surface area contributed by atoms with Gasteiger partial charge in [0.25, 0.3) is 0 Å². The molecule has 0 radical (unpaired) electrons. The summed E-state index contributed by atoms with van der Waals surface area (Å²) >= 11 is 0. The van der Waals surface area contributed by atoms with Gasteiger partial charge in [0.15, 0.2) is 12.4 Å². The topological polar surface area (TPSA) is 44.8 Å². The number of carbonyl (C=O) groups is 1. The molecule has 132 valence electrons. The Hall–Kier alpha value is -1.65. The van der Waals surface area contributed by atoms with Gasteiger partial charge < -0.3 is 14.2 Å². The van der Waals surface area contributed by atoms with Crippen LogP contribution >= 0.6 is 0 Å². The third-order valence-electron chi connectivity index (χ3n) is 6.31. The number of ether oxygens (including phenoxy) is 3. The van der Waals surface area contributed by atoms with E-state index in [1.165, 1.54) is 11.1 Å². The molecule has 2 bridgehead atoms. The van der Waals surface area contributed by atoms with Crippen molar-refractivity contribution in [2.45, 2.75) is 57.0 Å². The SMILES string of the molecule is O=C(O[C@@H]1[C@@H]2OC[C@H](CC13Cc1ccccc1C3)O2)C1CC=CCC1. The van der Waals surface area contributed by atoms with E-state index in [9.17, 15) is 4.79 Å². The summed E-state index contributed by atoms with van der Waals surface area (Å²) in [4.78, 5) is 12.8. The molecule has 1 spiro atoms. The maximum atomic E-state index is 12.8. The van der Waals surface area contributed by atoms with Crippen LogP contribution in [0.25, 0.3) is 0 Å². The third kappa shape index (κ3) is 2.63. The lowest BCUT2D eigenvalue weighted by Crippen LogP contribution is -2.52. The van der Waals surface area contributed by atoms with Crippen LogP contribution in [0.2, 0.25) is 0 Å². The summed E-state index contributed by atoms with van der Waals surface area (Å²) in [5, 5.41) is 0. The van der Waals surface area contributed by atoms with Crippen LogP contribution in [0.5, 0.6) is 0 Å². The van der Waals surface area contributed by atoms with Crippen molar-refractivity contribution >= 4 is 5.97 Å². The second-order valence-electron chi connectivity index (χ2n) is 7.99. The Morgan fingerprint density at radius 1 is 1.16 bits per heavy atom. The normalized spacial score (nSPS) is 34.9. The molecule has 4 atom stereocenters. The summed E-state index contributed by atoms with van der Waals surface area (Å²) in [5.41, 5.74) is 2.68. The average molecular weight is 340 g/mol. The third-order valence-corrected chi connectivity index (χ3v) is 6.31. The summed E-state index contributed by atoms with van der Waals surface area (Å²) in [5.74, 6) is -0.104. The highest BCUT2D eigenvalue weighted by Gasteiger charge is 2.57. The van der Waals surface area contributed by atoms with E-state index in [0.717, 1.165) is 38.5 Å². The molecule has 5 rings (SSSR count). The monoisotopic (exact) mass is 340 g/mol. The summed E-state index contributed by atoms with van der Waals surface area (Å²) in [7, 11) is 0. The Morgan fingerprint density at radius 2 is 1.96 bits per heavy atom. The Morgan fingerprint density at radius 3 is 2.68 bits per heavy atom. The molecular weight excluding hydrogens is 316 g/mol. The molecule has 0 saturated carbocycles. The number of fused-ring (bicyclic) bond motifs is 3. The highest BCUT2D eigenvalue weighted by Crippen LogP contribution is 2.51. The average Bonchev–Trinajstić information content (AvgIpc) is 3.21. The molecule has 0 N–H and O–H groups in total. The van der Waals surface area contributed by atoms with Crippen molar-refractivity contribution in [3.8, 4) is 0 Å². The lowest BCUT2D eigenvalue weighted by atomic mass is 9.73.